The lowest BCUT2D eigenvalue weighted by atomic mass is 10.0. The molecule has 0 radical (unpaired) electrons. The van der Waals surface area contributed by atoms with Crippen molar-refractivity contribution in [2.24, 2.45) is 0 Å². The molecule has 1 aliphatic rings. The van der Waals surface area contributed by atoms with E-state index in [-0.39, 0.29) is 28.5 Å². The first kappa shape index (κ1) is 19.5. The Morgan fingerprint density at radius 1 is 1.10 bits per heavy atom. The van der Waals surface area contributed by atoms with Crippen LogP contribution in [0.25, 0.3) is 5.69 Å². The molecule has 0 spiro atoms. The molecule has 0 unspecified atom stereocenters. The van der Waals surface area contributed by atoms with Crippen molar-refractivity contribution in [2.45, 2.75) is 13.0 Å². The number of esters is 1. The van der Waals surface area contributed by atoms with E-state index in [1.807, 2.05) is 0 Å². The second-order valence-electron chi connectivity index (χ2n) is 6.91. The average Bonchev–Trinajstić information content (AvgIpc) is 2.78. The predicted molar refractivity (Wildman–Crippen MR) is 106 cm³/mol. The smallest absolute Gasteiger partial charge is 0.339 e. The zero-order chi connectivity index (χ0) is 21.3. The molecule has 30 heavy (non-hydrogen) atoms. The van der Waals surface area contributed by atoms with Crippen LogP contribution in [0.2, 0.25) is 0 Å². The van der Waals surface area contributed by atoms with Crippen molar-refractivity contribution in [3.8, 4) is 5.69 Å². The molecule has 0 saturated heterocycles. The molecule has 0 bridgehead atoms. The van der Waals surface area contributed by atoms with Crippen molar-refractivity contribution >= 4 is 11.9 Å². The topological polar surface area (TPSA) is 81.5 Å². The summed E-state index contributed by atoms with van der Waals surface area (Å²) in [5.74, 6) is -1.17. The van der Waals surface area contributed by atoms with E-state index in [1.54, 1.807) is 17.2 Å². The number of benzene rings is 1. The first-order valence-electron chi connectivity index (χ1n) is 9.30. The lowest BCUT2D eigenvalue weighted by Crippen LogP contribution is -2.37. The molecule has 0 saturated carbocycles. The Hall–Kier alpha value is -3.81. The van der Waals surface area contributed by atoms with Crippen LogP contribution in [-0.4, -0.2) is 40.0 Å². The summed E-state index contributed by atoms with van der Waals surface area (Å²) in [6, 6.07) is 10.2. The number of halogens is 1. The molecule has 152 valence electrons. The zero-order valence-corrected chi connectivity index (χ0v) is 16.2. The Bertz CT molecular complexity index is 1170. The molecule has 0 aliphatic carbocycles. The molecule has 7 nitrogen and oxygen atoms in total. The van der Waals surface area contributed by atoms with Crippen LogP contribution in [0.1, 0.15) is 32.0 Å². The number of carbonyl (C=O) groups excluding carboxylic acids is 2. The van der Waals surface area contributed by atoms with Crippen molar-refractivity contribution in [1.82, 2.24) is 14.5 Å². The fourth-order valence-electron chi connectivity index (χ4n) is 3.43. The Labute approximate surface area is 171 Å². The van der Waals surface area contributed by atoms with Crippen molar-refractivity contribution in [3.05, 3.63) is 93.4 Å². The normalized spacial score (nSPS) is 12.9. The number of fused-ring (bicyclic) bond motifs is 1. The zero-order valence-electron chi connectivity index (χ0n) is 16.2. The lowest BCUT2D eigenvalue weighted by Gasteiger charge is -2.29. The molecule has 4 rings (SSSR count). The van der Waals surface area contributed by atoms with Gasteiger partial charge in [0.05, 0.1) is 12.7 Å². The van der Waals surface area contributed by atoms with Gasteiger partial charge in [-0.15, -0.1) is 0 Å². The van der Waals surface area contributed by atoms with Crippen LogP contribution in [0.4, 0.5) is 4.39 Å². The Kier molecular flexibility index (Phi) is 5.14. The predicted octanol–water partition coefficient (Wildman–Crippen LogP) is 2.36. The summed E-state index contributed by atoms with van der Waals surface area (Å²) in [4.78, 5) is 42.6. The summed E-state index contributed by atoms with van der Waals surface area (Å²) in [7, 11) is 1.28. The number of ether oxygens (including phenoxy) is 1. The van der Waals surface area contributed by atoms with Crippen LogP contribution in [0, 0.1) is 5.82 Å². The van der Waals surface area contributed by atoms with E-state index in [4.69, 9.17) is 0 Å². The van der Waals surface area contributed by atoms with Gasteiger partial charge in [-0.25, -0.2) is 9.18 Å². The van der Waals surface area contributed by atoms with Crippen LogP contribution in [0.3, 0.4) is 0 Å². The monoisotopic (exact) mass is 407 g/mol. The van der Waals surface area contributed by atoms with E-state index in [1.165, 1.54) is 54.3 Å². The van der Waals surface area contributed by atoms with Gasteiger partial charge in [-0.05, 0) is 53.9 Å². The summed E-state index contributed by atoms with van der Waals surface area (Å²) in [6.45, 7) is 0.766. The summed E-state index contributed by atoms with van der Waals surface area (Å²) in [5, 5.41) is 0. The molecule has 1 amide bonds. The van der Waals surface area contributed by atoms with Gasteiger partial charge in [-0.3, -0.25) is 19.1 Å². The minimum atomic E-state index is -0.521. The Balaban J connectivity index is 1.58. The summed E-state index contributed by atoms with van der Waals surface area (Å²) in [5.41, 5.74) is 2.55. The second-order valence-corrected chi connectivity index (χ2v) is 6.91. The first-order valence-corrected chi connectivity index (χ1v) is 9.30. The van der Waals surface area contributed by atoms with Crippen molar-refractivity contribution < 1.29 is 18.7 Å². The summed E-state index contributed by atoms with van der Waals surface area (Å²) < 4.78 is 19.3. The highest BCUT2D eigenvalue weighted by atomic mass is 19.1. The van der Waals surface area contributed by atoms with E-state index in [9.17, 15) is 18.8 Å². The van der Waals surface area contributed by atoms with Gasteiger partial charge in [-0.2, -0.15) is 0 Å². The molecule has 0 atom stereocenters. The van der Waals surface area contributed by atoms with Gasteiger partial charge >= 0.3 is 5.97 Å². The van der Waals surface area contributed by atoms with Crippen LogP contribution in [-0.2, 0) is 17.7 Å². The van der Waals surface area contributed by atoms with Crippen molar-refractivity contribution in [2.75, 3.05) is 13.7 Å². The molecular weight excluding hydrogens is 389 g/mol. The van der Waals surface area contributed by atoms with Gasteiger partial charge in [-0.1, -0.05) is 0 Å². The maximum atomic E-state index is 13.2. The number of hydrogen-bond acceptors (Lipinski definition) is 5. The van der Waals surface area contributed by atoms with Gasteiger partial charge in [0.15, 0.2) is 0 Å². The van der Waals surface area contributed by atoms with Crippen molar-refractivity contribution in [1.29, 1.82) is 0 Å². The SMILES string of the molecule is COC(=O)c1ccc(C(=O)N2CCc3cc(=O)n(-c4ccc(F)cc4)cc3C2)nc1. The number of pyridine rings is 2. The van der Waals surface area contributed by atoms with Crippen LogP contribution < -0.4 is 5.56 Å². The standard InChI is InChI=1S/C22H18FN3O4/c1-30-22(29)15-2-7-19(24-11-15)21(28)25-9-8-14-10-20(27)26(13-16(14)12-25)18-5-3-17(23)4-6-18/h2-7,10-11,13H,8-9,12H2,1H3. The van der Waals surface area contributed by atoms with Gasteiger partial charge < -0.3 is 9.64 Å². The van der Waals surface area contributed by atoms with Crippen molar-refractivity contribution in [3.63, 3.8) is 0 Å². The number of amides is 1. The summed E-state index contributed by atoms with van der Waals surface area (Å²) >= 11 is 0. The number of nitrogens with zero attached hydrogens (tertiary/aromatic N) is 3. The largest absolute Gasteiger partial charge is 0.465 e. The fraction of sp³-hybridized carbons (Fsp3) is 0.182. The molecule has 3 heterocycles. The van der Waals surface area contributed by atoms with Gasteiger partial charge in [0, 0.05) is 37.2 Å². The third kappa shape index (κ3) is 3.71. The van der Waals surface area contributed by atoms with Crippen LogP contribution in [0.15, 0.2) is 59.7 Å². The quantitative estimate of drug-likeness (QED) is 0.623. The number of carbonyl (C=O) groups is 2. The first-order chi connectivity index (χ1) is 14.5. The van der Waals surface area contributed by atoms with E-state index in [2.05, 4.69) is 9.72 Å². The van der Waals surface area contributed by atoms with E-state index in [0.29, 0.717) is 25.2 Å². The highest BCUT2D eigenvalue weighted by Gasteiger charge is 2.24. The molecule has 2 aromatic heterocycles. The molecule has 0 N–H and O–H groups in total. The van der Waals surface area contributed by atoms with Crippen LogP contribution in [0.5, 0.6) is 0 Å². The molecule has 1 aromatic carbocycles. The molecular formula is C22H18FN3O4. The van der Waals surface area contributed by atoms with E-state index >= 15 is 0 Å². The third-order valence-corrected chi connectivity index (χ3v) is 5.04. The molecule has 8 heteroatoms. The number of rotatable bonds is 3. The minimum absolute atomic E-state index is 0.208. The van der Waals surface area contributed by atoms with Gasteiger partial charge in [0.25, 0.3) is 11.5 Å². The fourth-order valence-corrected chi connectivity index (χ4v) is 3.43. The molecule has 3 aromatic rings. The van der Waals surface area contributed by atoms with Crippen LogP contribution >= 0.6 is 0 Å². The highest BCUT2D eigenvalue weighted by molar-refractivity contribution is 5.94. The second kappa shape index (κ2) is 7.90. The van der Waals surface area contributed by atoms with Gasteiger partial charge in [0.1, 0.15) is 11.5 Å². The molecule has 1 aliphatic heterocycles. The van der Waals surface area contributed by atoms with Gasteiger partial charge in [0.2, 0.25) is 0 Å². The van der Waals surface area contributed by atoms with E-state index in [0.717, 1.165) is 11.1 Å². The average molecular weight is 407 g/mol. The molecule has 0 fully saturated rings. The number of methoxy groups -OCH3 is 1. The lowest BCUT2D eigenvalue weighted by molar-refractivity contribution is 0.0598. The Morgan fingerprint density at radius 3 is 2.53 bits per heavy atom. The third-order valence-electron chi connectivity index (χ3n) is 5.04. The maximum Gasteiger partial charge on any atom is 0.339 e. The Morgan fingerprint density at radius 2 is 1.87 bits per heavy atom. The number of hydrogen-bond donors (Lipinski definition) is 0. The highest BCUT2D eigenvalue weighted by Crippen LogP contribution is 2.20. The van der Waals surface area contributed by atoms with E-state index < -0.39 is 5.97 Å². The maximum absolute atomic E-state index is 13.2. The number of aromatic nitrogens is 2. The summed E-state index contributed by atoms with van der Waals surface area (Å²) in [6.07, 6.45) is 3.54. The minimum Gasteiger partial charge on any atom is -0.465 e.